The van der Waals surface area contributed by atoms with E-state index in [0.717, 1.165) is 42.6 Å². The van der Waals surface area contributed by atoms with Crippen molar-refractivity contribution in [1.82, 2.24) is 15.2 Å². The standard InChI is InChI=1S/C18H26N4S/c1-5-15-6-8-16(9-7-15)12-22(4)18(19-3)20-11-10-17-13-23-14(2)21-17/h6-9,13H,5,10-12H2,1-4H3,(H,19,20). The van der Waals surface area contributed by atoms with Gasteiger partial charge in [-0.3, -0.25) is 4.99 Å². The van der Waals surface area contributed by atoms with Gasteiger partial charge in [0.05, 0.1) is 10.7 Å². The molecule has 0 bridgehead atoms. The Morgan fingerprint density at radius 3 is 2.52 bits per heavy atom. The zero-order valence-corrected chi connectivity index (χ0v) is 15.3. The molecule has 1 aromatic carbocycles. The van der Waals surface area contributed by atoms with Gasteiger partial charge in [0.2, 0.25) is 0 Å². The number of thiazole rings is 1. The molecule has 2 rings (SSSR count). The normalized spacial score (nSPS) is 11.6. The minimum absolute atomic E-state index is 0.842. The van der Waals surface area contributed by atoms with Crippen molar-refractivity contribution in [2.75, 3.05) is 20.6 Å². The first-order valence-electron chi connectivity index (χ1n) is 8.03. The fourth-order valence-electron chi connectivity index (χ4n) is 2.44. The molecule has 0 atom stereocenters. The smallest absolute Gasteiger partial charge is 0.193 e. The second-order valence-corrected chi connectivity index (χ2v) is 6.67. The van der Waals surface area contributed by atoms with E-state index < -0.39 is 0 Å². The maximum atomic E-state index is 4.49. The highest BCUT2D eigenvalue weighted by Crippen LogP contribution is 2.09. The van der Waals surface area contributed by atoms with Crippen molar-refractivity contribution in [3.8, 4) is 0 Å². The summed E-state index contributed by atoms with van der Waals surface area (Å²) in [4.78, 5) is 11.0. The van der Waals surface area contributed by atoms with E-state index >= 15 is 0 Å². The van der Waals surface area contributed by atoms with Crippen LogP contribution in [0.4, 0.5) is 0 Å². The number of nitrogens with one attached hydrogen (secondary N) is 1. The number of hydrogen-bond acceptors (Lipinski definition) is 3. The molecule has 0 amide bonds. The van der Waals surface area contributed by atoms with Gasteiger partial charge in [-0.05, 0) is 24.5 Å². The summed E-state index contributed by atoms with van der Waals surface area (Å²) >= 11 is 1.70. The average Bonchev–Trinajstić information content (AvgIpc) is 2.97. The van der Waals surface area contributed by atoms with Gasteiger partial charge in [-0.25, -0.2) is 4.98 Å². The SMILES string of the molecule is CCc1ccc(CN(C)C(=NC)NCCc2csc(C)n2)cc1. The molecule has 1 N–H and O–H groups in total. The van der Waals surface area contributed by atoms with Crippen molar-refractivity contribution in [3.05, 3.63) is 51.5 Å². The van der Waals surface area contributed by atoms with Gasteiger partial charge in [0.15, 0.2) is 5.96 Å². The molecule has 0 saturated heterocycles. The lowest BCUT2D eigenvalue weighted by Gasteiger charge is -2.22. The van der Waals surface area contributed by atoms with Crippen LogP contribution in [0.1, 0.15) is 28.8 Å². The van der Waals surface area contributed by atoms with Gasteiger partial charge in [-0.2, -0.15) is 0 Å². The third kappa shape index (κ3) is 5.36. The maximum absolute atomic E-state index is 4.49. The Morgan fingerprint density at radius 1 is 1.26 bits per heavy atom. The summed E-state index contributed by atoms with van der Waals surface area (Å²) in [5.41, 5.74) is 3.81. The Bertz CT molecular complexity index is 631. The van der Waals surface area contributed by atoms with Gasteiger partial charge in [0.25, 0.3) is 0 Å². The molecule has 0 saturated carbocycles. The van der Waals surface area contributed by atoms with E-state index in [0.29, 0.717) is 0 Å². The van der Waals surface area contributed by atoms with Crippen LogP contribution < -0.4 is 5.32 Å². The quantitative estimate of drug-likeness (QED) is 0.653. The third-order valence-corrected chi connectivity index (χ3v) is 4.58. The molecule has 0 aliphatic carbocycles. The Hall–Kier alpha value is -1.88. The van der Waals surface area contributed by atoms with Gasteiger partial charge in [0, 0.05) is 39.0 Å². The van der Waals surface area contributed by atoms with Crippen LogP contribution in [0.25, 0.3) is 0 Å². The van der Waals surface area contributed by atoms with Crippen LogP contribution in [0.3, 0.4) is 0 Å². The molecule has 0 spiro atoms. The van der Waals surface area contributed by atoms with Crippen LogP contribution in [-0.2, 0) is 19.4 Å². The largest absolute Gasteiger partial charge is 0.356 e. The maximum Gasteiger partial charge on any atom is 0.193 e. The van der Waals surface area contributed by atoms with Crippen molar-refractivity contribution < 1.29 is 0 Å². The van der Waals surface area contributed by atoms with Crippen molar-refractivity contribution in [2.45, 2.75) is 33.2 Å². The summed E-state index contributed by atoms with van der Waals surface area (Å²) in [5.74, 6) is 0.913. The number of guanidine groups is 1. The zero-order chi connectivity index (χ0) is 16.7. The van der Waals surface area contributed by atoms with Gasteiger partial charge in [0.1, 0.15) is 0 Å². The van der Waals surface area contributed by atoms with Crippen LogP contribution >= 0.6 is 11.3 Å². The van der Waals surface area contributed by atoms with E-state index in [-0.39, 0.29) is 0 Å². The molecule has 124 valence electrons. The van der Waals surface area contributed by atoms with Gasteiger partial charge < -0.3 is 10.2 Å². The van der Waals surface area contributed by atoms with Crippen LogP contribution in [0.2, 0.25) is 0 Å². The lowest BCUT2D eigenvalue weighted by molar-refractivity contribution is 0.477. The van der Waals surface area contributed by atoms with E-state index in [9.17, 15) is 0 Å². The number of aromatic nitrogens is 1. The third-order valence-electron chi connectivity index (χ3n) is 3.76. The first-order valence-corrected chi connectivity index (χ1v) is 8.91. The molecule has 2 aromatic rings. The molecule has 5 heteroatoms. The van der Waals surface area contributed by atoms with E-state index in [2.05, 4.69) is 63.8 Å². The Morgan fingerprint density at radius 2 is 1.96 bits per heavy atom. The summed E-state index contributed by atoms with van der Waals surface area (Å²) in [6, 6.07) is 8.79. The van der Waals surface area contributed by atoms with E-state index in [1.54, 1.807) is 11.3 Å². The summed E-state index contributed by atoms with van der Waals surface area (Å²) < 4.78 is 0. The molecule has 0 aliphatic heterocycles. The second-order valence-electron chi connectivity index (χ2n) is 5.61. The lowest BCUT2D eigenvalue weighted by atomic mass is 10.1. The number of aliphatic imine (C=N–C) groups is 1. The van der Waals surface area contributed by atoms with Crippen molar-refractivity contribution in [1.29, 1.82) is 0 Å². The molecule has 23 heavy (non-hydrogen) atoms. The van der Waals surface area contributed by atoms with E-state index in [1.807, 2.05) is 14.0 Å². The Balaban J connectivity index is 1.84. The summed E-state index contributed by atoms with van der Waals surface area (Å²) in [6.07, 6.45) is 2.00. The number of hydrogen-bond donors (Lipinski definition) is 1. The van der Waals surface area contributed by atoms with Crippen molar-refractivity contribution >= 4 is 17.3 Å². The molecule has 0 fully saturated rings. The number of aryl methyl sites for hydroxylation is 2. The molecule has 1 aromatic heterocycles. The molecule has 4 nitrogen and oxygen atoms in total. The highest BCUT2D eigenvalue weighted by molar-refractivity contribution is 7.09. The lowest BCUT2D eigenvalue weighted by Crippen LogP contribution is -2.39. The monoisotopic (exact) mass is 330 g/mol. The fraction of sp³-hybridized carbons (Fsp3) is 0.444. The van der Waals surface area contributed by atoms with Crippen LogP contribution in [0.5, 0.6) is 0 Å². The number of benzene rings is 1. The van der Waals surface area contributed by atoms with Crippen LogP contribution in [0, 0.1) is 6.92 Å². The minimum atomic E-state index is 0.842. The predicted molar refractivity (Wildman–Crippen MR) is 99.2 cm³/mol. The first kappa shape index (κ1) is 17.5. The summed E-state index contributed by atoms with van der Waals surface area (Å²) in [5, 5.41) is 6.66. The number of rotatable bonds is 6. The van der Waals surface area contributed by atoms with E-state index in [4.69, 9.17) is 0 Å². The molecule has 0 radical (unpaired) electrons. The molecule has 0 aliphatic rings. The summed E-state index contributed by atoms with van der Waals surface area (Å²) in [6.45, 7) is 5.91. The molecular formula is C18H26N4S. The molecule has 0 unspecified atom stereocenters. The van der Waals surface area contributed by atoms with Gasteiger partial charge in [-0.1, -0.05) is 31.2 Å². The fourth-order valence-corrected chi connectivity index (χ4v) is 3.09. The predicted octanol–water partition coefficient (Wildman–Crippen LogP) is 3.26. The highest BCUT2D eigenvalue weighted by Gasteiger charge is 2.07. The molecular weight excluding hydrogens is 304 g/mol. The topological polar surface area (TPSA) is 40.5 Å². The van der Waals surface area contributed by atoms with Crippen LogP contribution in [-0.4, -0.2) is 36.5 Å². The first-order chi connectivity index (χ1) is 11.1. The Kier molecular flexibility index (Phi) is 6.59. The summed E-state index contributed by atoms with van der Waals surface area (Å²) in [7, 11) is 3.89. The van der Waals surface area contributed by atoms with Crippen LogP contribution in [0.15, 0.2) is 34.6 Å². The van der Waals surface area contributed by atoms with Crippen molar-refractivity contribution in [3.63, 3.8) is 0 Å². The Labute approximate surface area is 143 Å². The number of nitrogens with zero attached hydrogens (tertiary/aromatic N) is 3. The average molecular weight is 331 g/mol. The zero-order valence-electron chi connectivity index (χ0n) is 14.5. The second kappa shape index (κ2) is 8.67. The van der Waals surface area contributed by atoms with Crippen molar-refractivity contribution in [2.24, 2.45) is 4.99 Å². The van der Waals surface area contributed by atoms with Gasteiger partial charge >= 0.3 is 0 Å². The van der Waals surface area contributed by atoms with Gasteiger partial charge in [-0.15, -0.1) is 11.3 Å². The minimum Gasteiger partial charge on any atom is -0.356 e. The highest BCUT2D eigenvalue weighted by atomic mass is 32.1. The molecule has 1 heterocycles. The van der Waals surface area contributed by atoms with E-state index in [1.165, 1.54) is 11.1 Å².